The van der Waals surface area contributed by atoms with Gasteiger partial charge in [-0.3, -0.25) is 0 Å². The molecule has 0 aliphatic carbocycles. The molecule has 510 valence electrons. The number of hydrogen-bond donors (Lipinski definition) is 0. The van der Waals surface area contributed by atoms with Gasteiger partial charge in [0.25, 0.3) is 0 Å². The number of benzene rings is 9. The third-order valence-corrected chi connectivity index (χ3v) is 18.2. The first-order valence-corrected chi connectivity index (χ1v) is 27.5. The summed E-state index contributed by atoms with van der Waals surface area (Å²) in [4.78, 5) is 0. The molecule has 0 heterocycles. The topological polar surface area (TPSA) is 0 Å². The van der Waals surface area contributed by atoms with Gasteiger partial charge in [-0.25, -0.2) is 132 Å². The maximum Gasteiger partial charge on any atom is 0.389 e. The molecule has 0 N–H and O–H groups in total. The third kappa shape index (κ3) is 11.1. The molecule has 9 aromatic rings. The van der Waals surface area contributed by atoms with Crippen molar-refractivity contribution in [3.8, 4) is 0 Å². The van der Waals surface area contributed by atoms with Crippen LogP contribution in [0.1, 0.15) is 45.4 Å². The highest BCUT2D eigenvalue weighted by Gasteiger charge is 2.56. The van der Waals surface area contributed by atoms with Gasteiger partial charge in [-0.2, -0.15) is 26.3 Å². The molecule has 0 nitrogen and oxygen atoms in total. The average molecular weight is 1430 g/mol. The van der Waals surface area contributed by atoms with E-state index in [1.807, 2.05) is 0 Å². The number of fused-ring (bicyclic) bond motifs is 4. The molecule has 9 rings (SSSR count). The van der Waals surface area contributed by atoms with Crippen molar-refractivity contribution in [2.75, 3.05) is 6.16 Å². The Hall–Kier alpha value is -8.01. The summed E-state index contributed by atoms with van der Waals surface area (Å²) in [6.07, 6.45) is -16.3. The van der Waals surface area contributed by atoms with Crippen molar-refractivity contribution >= 4 is 84.3 Å². The van der Waals surface area contributed by atoms with E-state index < -0.39 is 290 Å². The van der Waals surface area contributed by atoms with Gasteiger partial charge in [-0.1, -0.05) is 25.3 Å². The second-order valence-corrected chi connectivity index (χ2v) is 23.3. The molecule has 9 aromatic carbocycles. The maximum absolute atomic E-state index is 17.3. The van der Waals surface area contributed by atoms with Crippen LogP contribution in [0.3, 0.4) is 0 Å². The van der Waals surface area contributed by atoms with Crippen LogP contribution < -0.4 is 27.2 Å². The first kappa shape index (κ1) is 72.8. The van der Waals surface area contributed by atoms with Crippen LogP contribution in [-0.2, 0) is 0 Å². The van der Waals surface area contributed by atoms with Crippen molar-refractivity contribution in [1.82, 2.24) is 0 Å². The lowest BCUT2D eigenvalue weighted by molar-refractivity contribution is -0.135. The van der Waals surface area contributed by atoms with E-state index >= 15 is 105 Å². The van der Waals surface area contributed by atoms with E-state index in [0.717, 1.165) is 18.2 Å². The van der Waals surface area contributed by atoms with E-state index in [1.165, 1.54) is 6.92 Å². The van der Waals surface area contributed by atoms with Crippen molar-refractivity contribution in [3.63, 3.8) is 0 Å². The largest absolute Gasteiger partial charge is 0.389 e. The quantitative estimate of drug-likeness (QED) is 0.0254. The van der Waals surface area contributed by atoms with Crippen LogP contribution in [-0.4, -0.2) is 30.3 Å². The smallest absolute Gasteiger partial charge is 0.236 e. The fourth-order valence-electron chi connectivity index (χ4n) is 11.3. The van der Waals surface area contributed by atoms with Crippen LogP contribution in [0.25, 0.3) is 43.1 Å². The maximum atomic E-state index is 17.3. The standard InChI is InChI=1S/C40BF28.C17H21F8P/c42-13-1-5(21(50)37(66)33(13)62)17(46)29(58)25(54)9(1)41(10-2-6(18(47)30(59)26(10)55)22(51)38(67)34(63)14(2)43,11-3-7(19(48)31(60)27(11)56)23(52)39(68)35(64)15(3)44)12-4-8(20(49)32(61)28(12)57)24(53)40(69)36(65)16(4)45;1-2-26(13-9-7-8-12(18)15(13)20)17(24,25)14(19)10-5-3-4-6-11-16(21,22)23/h;7-9,14H,2-6,10-11H2,1H3/q-1;/p+1. The summed E-state index contributed by atoms with van der Waals surface area (Å²) in [5, 5.41) is -27.5. The second kappa shape index (κ2) is 25.9. The van der Waals surface area contributed by atoms with Gasteiger partial charge in [0.05, 0.1) is 27.7 Å². The van der Waals surface area contributed by atoms with E-state index in [2.05, 4.69) is 0 Å². The van der Waals surface area contributed by atoms with Gasteiger partial charge in [0.1, 0.15) is 42.6 Å². The predicted molar refractivity (Wildman–Crippen MR) is 267 cm³/mol. The van der Waals surface area contributed by atoms with Gasteiger partial charge in [0, 0.05) is 6.42 Å². The summed E-state index contributed by atoms with van der Waals surface area (Å²) in [7, 11) is -3.03. The molecule has 0 bridgehead atoms. The van der Waals surface area contributed by atoms with E-state index in [9.17, 15) is 52.7 Å². The minimum Gasteiger partial charge on any atom is -0.236 e. The summed E-state index contributed by atoms with van der Waals surface area (Å²) in [5.74, 6) is -107. The lowest BCUT2D eigenvalue weighted by Crippen LogP contribution is -2.79. The molecule has 0 aliphatic rings. The van der Waals surface area contributed by atoms with E-state index in [4.69, 9.17) is 0 Å². The van der Waals surface area contributed by atoms with Crippen LogP contribution >= 0.6 is 7.92 Å². The zero-order chi connectivity index (χ0) is 71.6. The number of unbranched alkanes of at least 4 members (excludes halogenated alkanes) is 3. The minimum atomic E-state index is -8.05. The molecule has 0 aromatic heterocycles. The first-order valence-electron chi connectivity index (χ1n) is 25.8. The molecule has 2 atom stereocenters. The highest BCUT2D eigenvalue weighted by molar-refractivity contribution is 7.66. The van der Waals surface area contributed by atoms with Crippen LogP contribution in [0.2, 0.25) is 0 Å². The zero-order valence-electron chi connectivity index (χ0n) is 45.4. The molecular formula is C57H22BF36P. The van der Waals surface area contributed by atoms with Crippen LogP contribution in [0.15, 0.2) is 18.2 Å². The van der Waals surface area contributed by atoms with Gasteiger partial charge in [0.15, 0.2) is 145 Å². The molecule has 0 radical (unpaired) electrons. The lowest BCUT2D eigenvalue weighted by Gasteiger charge is -2.47. The molecular weight excluding hydrogens is 1410 g/mol. The Morgan fingerprint density at radius 3 is 0.800 bits per heavy atom. The van der Waals surface area contributed by atoms with E-state index in [-0.39, 0.29) is 31.8 Å². The predicted octanol–water partition coefficient (Wildman–Crippen LogP) is 18.2. The summed E-state index contributed by atoms with van der Waals surface area (Å²) < 4.78 is 552. The van der Waals surface area contributed by atoms with Gasteiger partial charge in [-0.15, -0.1) is 21.9 Å². The fraction of sp³-hybridized carbons (Fsp3) is 0.193. The van der Waals surface area contributed by atoms with Crippen molar-refractivity contribution in [3.05, 3.63) is 193 Å². The molecule has 0 fully saturated rings. The normalized spacial score (nSPS) is 13.1. The summed E-state index contributed by atoms with van der Waals surface area (Å²) in [6, 6.07) is 2.96. The highest BCUT2D eigenvalue weighted by atomic mass is 31.1. The van der Waals surface area contributed by atoms with Crippen LogP contribution in [0, 0.1) is 175 Å². The van der Waals surface area contributed by atoms with Crippen molar-refractivity contribution in [2.45, 2.75) is 63.5 Å². The van der Waals surface area contributed by atoms with E-state index in [1.54, 1.807) is 0 Å². The monoisotopic (exact) mass is 1430 g/mol. The molecule has 38 heteroatoms. The molecule has 0 saturated heterocycles. The highest BCUT2D eigenvalue weighted by Crippen LogP contribution is 2.55. The van der Waals surface area contributed by atoms with Gasteiger partial charge >= 0.3 is 11.8 Å². The third-order valence-electron chi connectivity index (χ3n) is 15.3. The Labute approximate surface area is 504 Å². The van der Waals surface area contributed by atoms with Gasteiger partial charge < -0.3 is 0 Å². The Balaban J connectivity index is 0.000000374. The number of alkyl halides is 6. The first-order chi connectivity index (χ1) is 44.0. The van der Waals surface area contributed by atoms with Crippen molar-refractivity contribution < 1.29 is 158 Å². The summed E-state index contributed by atoms with van der Waals surface area (Å²) >= 11 is 0. The molecule has 0 spiro atoms. The number of rotatable bonds is 14. The van der Waals surface area contributed by atoms with Gasteiger partial charge in [-0.05, 0) is 53.4 Å². The lowest BCUT2D eigenvalue weighted by atomic mass is 9.11. The number of halogens is 36. The Morgan fingerprint density at radius 2 is 0.547 bits per heavy atom. The Morgan fingerprint density at radius 1 is 0.305 bits per heavy atom. The Kier molecular flexibility index (Phi) is 19.8. The van der Waals surface area contributed by atoms with Gasteiger partial charge in [0.2, 0.25) is 12.0 Å². The summed E-state index contributed by atoms with van der Waals surface area (Å²) in [6.45, 7) is 1.37. The average Bonchev–Trinajstić information content (AvgIpc) is 0.662. The van der Waals surface area contributed by atoms with Crippen molar-refractivity contribution in [1.29, 1.82) is 0 Å². The molecule has 0 amide bonds. The minimum absolute atomic E-state index is 0.0130. The molecule has 95 heavy (non-hydrogen) atoms. The SMILES string of the molecule is CC[PH+](c1cccc(F)c1F)C(F)(F)C(F)CCCCCCC(F)(F)F.Fc1c(F)c(F)c2c([B-](c3c(F)c(F)c(F)c4c(F)c(F)c(F)c(F)c34)(c3c(F)c(F)c(F)c4c(F)c(F)c(F)c(F)c34)c3c(F)c(F)c(F)c4c(F)c(F)c(F)c(F)c34)c(F)c(F)c(F)c2c1F. The second-order valence-electron chi connectivity index (χ2n) is 20.4. The van der Waals surface area contributed by atoms with E-state index in [0.29, 0.717) is 0 Å². The molecule has 0 saturated carbocycles. The summed E-state index contributed by atoms with van der Waals surface area (Å²) in [5.41, 5.74) is -19.3. The van der Waals surface area contributed by atoms with Crippen LogP contribution in [0.5, 0.6) is 0 Å². The number of hydrogen-bond acceptors (Lipinski definition) is 0. The zero-order valence-corrected chi connectivity index (χ0v) is 46.4. The molecule has 0 aliphatic heterocycles. The molecule has 2 unspecified atom stereocenters. The fourth-order valence-corrected chi connectivity index (χ4v) is 13.7. The van der Waals surface area contributed by atoms with Crippen molar-refractivity contribution in [2.24, 2.45) is 0 Å². The Bertz CT molecular complexity index is 4190. The van der Waals surface area contributed by atoms with Crippen LogP contribution in [0.4, 0.5) is 158 Å².